The highest BCUT2D eigenvalue weighted by Crippen LogP contribution is 2.29. The lowest BCUT2D eigenvalue weighted by atomic mass is 9.97. The van der Waals surface area contributed by atoms with E-state index in [1.807, 2.05) is 0 Å². The zero-order valence-electron chi connectivity index (χ0n) is 9.80. The maximum absolute atomic E-state index is 11.9. The first-order valence-corrected chi connectivity index (χ1v) is 6.37. The van der Waals surface area contributed by atoms with Crippen LogP contribution in [-0.4, -0.2) is 36.2 Å². The van der Waals surface area contributed by atoms with Gasteiger partial charge in [-0.25, -0.2) is 0 Å². The lowest BCUT2D eigenvalue weighted by molar-refractivity contribution is -0.124. The minimum Gasteiger partial charge on any atom is -0.394 e. The molecule has 2 fully saturated rings. The fourth-order valence-corrected chi connectivity index (χ4v) is 2.87. The highest BCUT2D eigenvalue weighted by atomic mass is 16.3. The molecular weight excluding hydrogens is 204 g/mol. The fourth-order valence-electron chi connectivity index (χ4n) is 2.87. The lowest BCUT2D eigenvalue weighted by Gasteiger charge is -2.28. The van der Waals surface area contributed by atoms with Crippen LogP contribution in [0.2, 0.25) is 0 Å². The van der Waals surface area contributed by atoms with Gasteiger partial charge in [-0.3, -0.25) is 4.79 Å². The molecule has 3 N–H and O–H groups in total. The fraction of sp³-hybridized carbons (Fsp3) is 0.917. The minimum absolute atomic E-state index is 0.0850. The third-order valence-electron chi connectivity index (χ3n) is 3.90. The van der Waals surface area contributed by atoms with Crippen molar-refractivity contribution in [1.29, 1.82) is 0 Å². The van der Waals surface area contributed by atoms with Crippen LogP contribution in [0.5, 0.6) is 0 Å². The van der Waals surface area contributed by atoms with Crippen LogP contribution in [0.3, 0.4) is 0 Å². The molecule has 16 heavy (non-hydrogen) atoms. The molecule has 1 unspecified atom stereocenters. The van der Waals surface area contributed by atoms with E-state index in [0.717, 1.165) is 45.2 Å². The van der Waals surface area contributed by atoms with E-state index in [-0.39, 0.29) is 18.1 Å². The molecule has 0 aromatic heterocycles. The van der Waals surface area contributed by atoms with Crippen LogP contribution in [-0.2, 0) is 4.79 Å². The summed E-state index contributed by atoms with van der Waals surface area (Å²) in [6, 6.07) is 0. The third-order valence-corrected chi connectivity index (χ3v) is 3.90. The Morgan fingerprint density at radius 1 is 1.44 bits per heavy atom. The van der Waals surface area contributed by atoms with Crippen LogP contribution in [0.25, 0.3) is 0 Å². The molecule has 0 aromatic carbocycles. The van der Waals surface area contributed by atoms with Gasteiger partial charge in [0.2, 0.25) is 5.91 Å². The molecule has 1 saturated carbocycles. The number of carbonyl (C=O) groups is 1. The van der Waals surface area contributed by atoms with Gasteiger partial charge in [0.25, 0.3) is 0 Å². The first-order chi connectivity index (χ1) is 7.74. The van der Waals surface area contributed by atoms with Gasteiger partial charge in [0, 0.05) is 6.42 Å². The SMILES string of the molecule is O=C(CC1CCNC1)NC1(CO)CCCC1. The number of hydrogen-bond acceptors (Lipinski definition) is 3. The van der Waals surface area contributed by atoms with Gasteiger partial charge in [-0.1, -0.05) is 12.8 Å². The predicted octanol–water partition coefficient (Wildman–Crippen LogP) is 0.407. The van der Waals surface area contributed by atoms with Crippen LogP contribution >= 0.6 is 0 Å². The van der Waals surface area contributed by atoms with Crippen LogP contribution in [0.15, 0.2) is 0 Å². The Kier molecular flexibility index (Phi) is 3.82. The molecule has 0 aromatic rings. The van der Waals surface area contributed by atoms with Gasteiger partial charge in [-0.05, 0) is 38.3 Å². The summed E-state index contributed by atoms with van der Waals surface area (Å²) in [7, 11) is 0. The Balaban J connectivity index is 1.80. The second-order valence-corrected chi connectivity index (χ2v) is 5.26. The van der Waals surface area contributed by atoms with Gasteiger partial charge >= 0.3 is 0 Å². The Bertz CT molecular complexity index is 243. The quantitative estimate of drug-likeness (QED) is 0.650. The van der Waals surface area contributed by atoms with Crippen molar-refractivity contribution in [3.63, 3.8) is 0 Å². The minimum atomic E-state index is -0.302. The summed E-state index contributed by atoms with van der Waals surface area (Å²) in [4.78, 5) is 11.9. The van der Waals surface area contributed by atoms with Crippen LogP contribution in [0, 0.1) is 5.92 Å². The topological polar surface area (TPSA) is 61.4 Å². The van der Waals surface area contributed by atoms with Gasteiger partial charge in [-0.15, -0.1) is 0 Å². The lowest BCUT2D eigenvalue weighted by Crippen LogP contribution is -2.49. The zero-order chi connectivity index (χ0) is 11.4. The van der Waals surface area contributed by atoms with Gasteiger partial charge in [0.15, 0.2) is 0 Å². The summed E-state index contributed by atoms with van der Waals surface area (Å²) >= 11 is 0. The predicted molar refractivity (Wildman–Crippen MR) is 62.0 cm³/mol. The Morgan fingerprint density at radius 2 is 2.19 bits per heavy atom. The van der Waals surface area contributed by atoms with Crippen molar-refractivity contribution < 1.29 is 9.90 Å². The van der Waals surface area contributed by atoms with Gasteiger partial charge in [-0.2, -0.15) is 0 Å². The van der Waals surface area contributed by atoms with E-state index < -0.39 is 0 Å². The average Bonchev–Trinajstić information content (AvgIpc) is 2.90. The summed E-state index contributed by atoms with van der Waals surface area (Å²) in [5.74, 6) is 0.599. The maximum Gasteiger partial charge on any atom is 0.220 e. The second kappa shape index (κ2) is 5.15. The molecular formula is C12H22N2O2. The van der Waals surface area contributed by atoms with Gasteiger partial charge < -0.3 is 15.7 Å². The normalized spacial score (nSPS) is 28.2. The molecule has 0 spiro atoms. The maximum atomic E-state index is 11.9. The van der Waals surface area contributed by atoms with Crippen molar-refractivity contribution in [3.05, 3.63) is 0 Å². The Hall–Kier alpha value is -0.610. The first kappa shape index (κ1) is 11.9. The van der Waals surface area contributed by atoms with E-state index in [0.29, 0.717) is 12.3 Å². The largest absolute Gasteiger partial charge is 0.394 e. The standard InChI is InChI=1S/C12H22N2O2/c15-9-12(4-1-2-5-12)14-11(16)7-10-3-6-13-8-10/h10,13,15H,1-9H2,(H,14,16). The molecule has 0 bridgehead atoms. The van der Waals surface area contributed by atoms with Crippen LogP contribution in [0.1, 0.15) is 38.5 Å². The molecule has 1 amide bonds. The number of rotatable bonds is 4. The molecule has 1 aliphatic carbocycles. The van der Waals surface area contributed by atoms with Crippen molar-refractivity contribution in [3.8, 4) is 0 Å². The highest BCUT2D eigenvalue weighted by molar-refractivity contribution is 5.77. The van der Waals surface area contributed by atoms with Crippen molar-refractivity contribution in [2.45, 2.75) is 44.1 Å². The van der Waals surface area contributed by atoms with Gasteiger partial charge in [0.1, 0.15) is 0 Å². The van der Waals surface area contributed by atoms with E-state index in [1.165, 1.54) is 0 Å². The monoisotopic (exact) mass is 226 g/mol. The van der Waals surface area contributed by atoms with E-state index in [4.69, 9.17) is 0 Å². The zero-order valence-corrected chi connectivity index (χ0v) is 9.80. The molecule has 0 radical (unpaired) electrons. The van der Waals surface area contributed by atoms with Crippen LogP contribution in [0.4, 0.5) is 0 Å². The molecule has 2 aliphatic rings. The number of hydrogen-bond donors (Lipinski definition) is 3. The third kappa shape index (κ3) is 2.74. The summed E-state index contributed by atoms with van der Waals surface area (Å²) in [6.07, 6.45) is 5.79. The van der Waals surface area contributed by atoms with E-state index in [9.17, 15) is 9.90 Å². The number of aliphatic hydroxyl groups excluding tert-OH is 1. The summed E-state index contributed by atoms with van der Waals surface area (Å²) < 4.78 is 0. The summed E-state index contributed by atoms with van der Waals surface area (Å²) in [6.45, 7) is 2.07. The molecule has 2 rings (SSSR count). The van der Waals surface area contributed by atoms with Gasteiger partial charge in [0.05, 0.1) is 12.1 Å². The first-order valence-electron chi connectivity index (χ1n) is 6.37. The van der Waals surface area contributed by atoms with E-state index in [2.05, 4.69) is 10.6 Å². The average molecular weight is 226 g/mol. The van der Waals surface area contributed by atoms with Crippen LogP contribution < -0.4 is 10.6 Å². The molecule has 1 heterocycles. The molecule has 1 atom stereocenters. The summed E-state index contributed by atoms with van der Waals surface area (Å²) in [5, 5.41) is 15.7. The van der Waals surface area contributed by atoms with Crippen molar-refractivity contribution in [2.24, 2.45) is 5.92 Å². The van der Waals surface area contributed by atoms with E-state index in [1.54, 1.807) is 0 Å². The Morgan fingerprint density at radius 3 is 2.75 bits per heavy atom. The number of aliphatic hydroxyl groups is 1. The number of nitrogens with one attached hydrogen (secondary N) is 2. The molecule has 1 aliphatic heterocycles. The van der Waals surface area contributed by atoms with Crippen molar-refractivity contribution in [2.75, 3.05) is 19.7 Å². The number of amides is 1. The summed E-state index contributed by atoms with van der Waals surface area (Å²) in [5.41, 5.74) is -0.302. The van der Waals surface area contributed by atoms with E-state index >= 15 is 0 Å². The second-order valence-electron chi connectivity index (χ2n) is 5.26. The van der Waals surface area contributed by atoms with Crippen molar-refractivity contribution in [1.82, 2.24) is 10.6 Å². The highest BCUT2D eigenvalue weighted by Gasteiger charge is 2.35. The molecule has 1 saturated heterocycles. The van der Waals surface area contributed by atoms with Crippen molar-refractivity contribution >= 4 is 5.91 Å². The Labute approximate surface area is 96.8 Å². The molecule has 4 nitrogen and oxygen atoms in total. The molecule has 4 heteroatoms. The smallest absolute Gasteiger partial charge is 0.220 e. The molecule has 92 valence electrons. The number of carbonyl (C=O) groups excluding carboxylic acids is 1.